The Morgan fingerprint density at radius 3 is 2.89 bits per heavy atom. The van der Waals surface area contributed by atoms with Gasteiger partial charge in [0, 0.05) is 18.2 Å². The van der Waals surface area contributed by atoms with Crippen LogP contribution >= 0.6 is 0 Å². The number of carbonyl (C=O) groups is 1. The number of rotatable bonds is 4. The molecule has 0 amide bonds. The van der Waals surface area contributed by atoms with Crippen molar-refractivity contribution in [2.75, 3.05) is 0 Å². The molecule has 0 saturated heterocycles. The first-order valence-corrected chi connectivity index (χ1v) is 6.47. The monoisotopic (exact) mass is 269 g/mol. The summed E-state index contributed by atoms with van der Waals surface area (Å²) in [6.45, 7) is 0.223. The number of hydrogen-bond donors (Lipinski definition) is 2. The van der Waals surface area contributed by atoms with Crippen LogP contribution in [0, 0.1) is 17.6 Å². The highest BCUT2D eigenvalue weighted by atomic mass is 19.2. The van der Waals surface area contributed by atoms with Crippen molar-refractivity contribution >= 4 is 5.97 Å². The lowest BCUT2D eigenvalue weighted by Gasteiger charge is -2.27. The number of carboxylic acid groups (broad SMARTS) is 1. The minimum absolute atomic E-state index is 0.0533. The smallest absolute Gasteiger partial charge is 0.306 e. The summed E-state index contributed by atoms with van der Waals surface area (Å²) in [5.74, 6) is -2.79. The predicted octanol–water partition coefficient (Wildman–Crippen LogP) is 2.70. The fourth-order valence-electron chi connectivity index (χ4n) is 2.54. The third kappa shape index (κ3) is 3.50. The Balaban J connectivity index is 1.91. The fraction of sp³-hybridized carbons (Fsp3) is 0.500. The molecule has 0 radical (unpaired) electrons. The van der Waals surface area contributed by atoms with Gasteiger partial charge in [-0.1, -0.05) is 18.6 Å². The van der Waals surface area contributed by atoms with Crippen LogP contribution in [0.15, 0.2) is 18.2 Å². The van der Waals surface area contributed by atoms with Crippen molar-refractivity contribution in [1.82, 2.24) is 5.32 Å². The second kappa shape index (κ2) is 6.10. The Labute approximate surface area is 110 Å². The molecule has 2 N–H and O–H groups in total. The Morgan fingerprint density at radius 2 is 2.16 bits per heavy atom. The molecule has 1 aliphatic carbocycles. The standard InChI is InChI=1S/C14H17F2NO2/c15-12-6-2-4-10(13(12)16)8-17-11-5-1-3-9(7-11)14(18)19/h2,4,6,9,11,17H,1,3,5,7-8H2,(H,18,19). The van der Waals surface area contributed by atoms with Gasteiger partial charge in [-0.05, 0) is 25.3 Å². The molecule has 0 heterocycles. The lowest BCUT2D eigenvalue weighted by atomic mass is 9.86. The number of aliphatic carboxylic acids is 1. The van der Waals surface area contributed by atoms with Crippen molar-refractivity contribution in [2.45, 2.75) is 38.3 Å². The topological polar surface area (TPSA) is 49.3 Å². The quantitative estimate of drug-likeness (QED) is 0.883. The van der Waals surface area contributed by atoms with E-state index in [0.717, 1.165) is 18.9 Å². The zero-order chi connectivity index (χ0) is 13.8. The van der Waals surface area contributed by atoms with Gasteiger partial charge in [-0.25, -0.2) is 8.78 Å². The summed E-state index contributed by atoms with van der Waals surface area (Å²) in [5.41, 5.74) is 0.275. The van der Waals surface area contributed by atoms with Gasteiger partial charge in [-0.2, -0.15) is 0 Å². The van der Waals surface area contributed by atoms with Crippen LogP contribution in [0.1, 0.15) is 31.2 Å². The van der Waals surface area contributed by atoms with E-state index in [0.29, 0.717) is 12.8 Å². The molecular weight excluding hydrogens is 252 g/mol. The molecule has 0 bridgehead atoms. The first kappa shape index (κ1) is 13.9. The van der Waals surface area contributed by atoms with Gasteiger partial charge in [0.15, 0.2) is 11.6 Å². The zero-order valence-corrected chi connectivity index (χ0v) is 10.5. The highest BCUT2D eigenvalue weighted by Crippen LogP contribution is 2.24. The molecule has 1 aliphatic rings. The molecule has 0 aliphatic heterocycles. The Hall–Kier alpha value is -1.49. The van der Waals surface area contributed by atoms with Gasteiger partial charge < -0.3 is 10.4 Å². The third-order valence-electron chi connectivity index (χ3n) is 3.64. The molecule has 1 fully saturated rings. The van der Waals surface area contributed by atoms with Crippen LogP contribution in [0.3, 0.4) is 0 Å². The minimum atomic E-state index is -0.855. The molecule has 3 nitrogen and oxygen atoms in total. The van der Waals surface area contributed by atoms with Gasteiger partial charge in [-0.3, -0.25) is 4.79 Å². The van der Waals surface area contributed by atoms with E-state index in [1.807, 2.05) is 0 Å². The molecule has 0 spiro atoms. The van der Waals surface area contributed by atoms with Crippen molar-refractivity contribution in [3.05, 3.63) is 35.4 Å². The molecular formula is C14H17F2NO2. The summed E-state index contributed by atoms with van der Waals surface area (Å²) >= 11 is 0. The molecule has 0 aromatic heterocycles. The maximum atomic E-state index is 13.5. The van der Waals surface area contributed by atoms with E-state index in [1.54, 1.807) is 0 Å². The summed E-state index contributed by atoms with van der Waals surface area (Å²) in [6, 6.07) is 4.14. The van der Waals surface area contributed by atoms with Crippen LogP contribution in [0.2, 0.25) is 0 Å². The van der Waals surface area contributed by atoms with Crippen LogP contribution in [0.4, 0.5) is 8.78 Å². The summed E-state index contributed by atoms with van der Waals surface area (Å²) in [6.07, 6.45) is 2.97. The predicted molar refractivity (Wildman–Crippen MR) is 66.6 cm³/mol. The minimum Gasteiger partial charge on any atom is -0.481 e. The normalized spacial score (nSPS) is 23.3. The second-order valence-corrected chi connectivity index (χ2v) is 4.99. The first-order chi connectivity index (χ1) is 9.08. The van der Waals surface area contributed by atoms with Gasteiger partial charge in [0.1, 0.15) is 0 Å². The molecule has 2 atom stereocenters. The van der Waals surface area contributed by atoms with Gasteiger partial charge in [0.05, 0.1) is 5.92 Å². The second-order valence-electron chi connectivity index (χ2n) is 4.99. The zero-order valence-electron chi connectivity index (χ0n) is 10.5. The average molecular weight is 269 g/mol. The summed E-state index contributed by atoms with van der Waals surface area (Å²) in [5, 5.41) is 12.1. The van der Waals surface area contributed by atoms with Crippen LogP contribution in [0.25, 0.3) is 0 Å². The Morgan fingerprint density at radius 1 is 1.37 bits per heavy atom. The van der Waals surface area contributed by atoms with E-state index in [1.165, 1.54) is 12.1 Å². The molecule has 5 heteroatoms. The average Bonchev–Trinajstić information content (AvgIpc) is 2.41. The van der Waals surface area contributed by atoms with E-state index in [-0.39, 0.29) is 24.1 Å². The van der Waals surface area contributed by atoms with Crippen molar-refractivity contribution < 1.29 is 18.7 Å². The summed E-state index contributed by atoms with van der Waals surface area (Å²) in [7, 11) is 0. The molecule has 19 heavy (non-hydrogen) atoms. The Kier molecular flexibility index (Phi) is 4.47. The van der Waals surface area contributed by atoms with Crippen LogP contribution in [-0.4, -0.2) is 17.1 Å². The van der Waals surface area contributed by atoms with Crippen molar-refractivity contribution in [3.63, 3.8) is 0 Å². The largest absolute Gasteiger partial charge is 0.481 e. The van der Waals surface area contributed by atoms with Gasteiger partial charge in [0.25, 0.3) is 0 Å². The third-order valence-corrected chi connectivity index (χ3v) is 3.64. The van der Waals surface area contributed by atoms with Crippen molar-refractivity contribution in [1.29, 1.82) is 0 Å². The molecule has 1 aromatic rings. The van der Waals surface area contributed by atoms with Crippen LogP contribution in [0.5, 0.6) is 0 Å². The van der Waals surface area contributed by atoms with Crippen LogP contribution < -0.4 is 5.32 Å². The number of nitrogens with one attached hydrogen (secondary N) is 1. The summed E-state index contributed by atoms with van der Waals surface area (Å²) in [4.78, 5) is 10.9. The van der Waals surface area contributed by atoms with Gasteiger partial charge in [0.2, 0.25) is 0 Å². The van der Waals surface area contributed by atoms with Crippen molar-refractivity contribution in [2.24, 2.45) is 5.92 Å². The van der Waals surface area contributed by atoms with Crippen LogP contribution in [-0.2, 0) is 11.3 Å². The van der Waals surface area contributed by atoms with E-state index in [2.05, 4.69) is 5.32 Å². The van der Waals surface area contributed by atoms with E-state index < -0.39 is 17.6 Å². The molecule has 2 unspecified atom stereocenters. The van der Waals surface area contributed by atoms with E-state index >= 15 is 0 Å². The molecule has 1 saturated carbocycles. The van der Waals surface area contributed by atoms with Gasteiger partial charge >= 0.3 is 5.97 Å². The number of benzene rings is 1. The molecule has 1 aromatic carbocycles. The molecule has 104 valence electrons. The maximum Gasteiger partial charge on any atom is 0.306 e. The lowest BCUT2D eigenvalue weighted by molar-refractivity contribution is -0.143. The van der Waals surface area contributed by atoms with E-state index in [4.69, 9.17) is 5.11 Å². The fourth-order valence-corrected chi connectivity index (χ4v) is 2.54. The van der Waals surface area contributed by atoms with Gasteiger partial charge in [-0.15, -0.1) is 0 Å². The SMILES string of the molecule is O=C(O)C1CCCC(NCc2cccc(F)c2F)C1. The number of halogens is 2. The number of carboxylic acids is 1. The summed E-state index contributed by atoms with van der Waals surface area (Å²) < 4.78 is 26.5. The number of hydrogen-bond acceptors (Lipinski definition) is 2. The highest BCUT2D eigenvalue weighted by molar-refractivity contribution is 5.70. The molecule has 2 rings (SSSR count). The first-order valence-electron chi connectivity index (χ1n) is 6.47. The van der Waals surface area contributed by atoms with E-state index in [9.17, 15) is 13.6 Å². The lowest BCUT2D eigenvalue weighted by Crippen LogP contribution is -2.36. The Bertz CT molecular complexity index is 465. The highest BCUT2D eigenvalue weighted by Gasteiger charge is 2.26. The van der Waals surface area contributed by atoms with Crippen molar-refractivity contribution in [3.8, 4) is 0 Å². The maximum absolute atomic E-state index is 13.5.